The molecule has 0 saturated heterocycles. The molecule has 0 fully saturated rings. The van der Waals surface area contributed by atoms with Gasteiger partial charge in [0.25, 0.3) is 0 Å². The average molecular weight is 528 g/mol. The number of furan rings is 1. The third kappa shape index (κ3) is 9.51. The van der Waals surface area contributed by atoms with Crippen LogP contribution in [0.2, 0.25) is 0 Å². The van der Waals surface area contributed by atoms with Crippen molar-refractivity contribution in [2.24, 2.45) is 4.99 Å². The molecule has 0 atom stereocenters. The lowest BCUT2D eigenvalue weighted by atomic mass is 10.1. The quantitative estimate of drug-likeness (QED) is 0.312. The molecule has 0 unspecified atom stereocenters. The molecule has 0 radical (unpaired) electrons. The van der Waals surface area contributed by atoms with Gasteiger partial charge in [-0.05, 0) is 50.6 Å². The molecule has 30 heavy (non-hydrogen) atoms. The third-order valence-corrected chi connectivity index (χ3v) is 4.06. The van der Waals surface area contributed by atoms with Crippen LogP contribution in [-0.2, 0) is 17.8 Å². The van der Waals surface area contributed by atoms with E-state index < -0.39 is 0 Å². The van der Waals surface area contributed by atoms with Gasteiger partial charge in [0.15, 0.2) is 5.96 Å². The number of carbonyl (C=O) groups is 1. The number of benzene rings is 1. The summed E-state index contributed by atoms with van der Waals surface area (Å²) in [4.78, 5) is 18.8. The lowest BCUT2D eigenvalue weighted by Gasteiger charge is -2.25. The Kier molecular flexibility index (Phi) is 10.7. The van der Waals surface area contributed by atoms with Crippen molar-refractivity contribution in [3.8, 4) is 5.75 Å². The standard InChI is InChI=1S/C22H32N4O3.HI/c1-22(2,3)25-20(27)16-26(4)21(23-13-12-19-7-6-14-29-19)24-15-17-8-10-18(28-5)11-9-17;/h6-11,14H,12-13,15-16H2,1-5H3,(H,23,24)(H,25,27);1H. The van der Waals surface area contributed by atoms with Crippen molar-refractivity contribution in [2.75, 3.05) is 27.2 Å². The highest BCUT2D eigenvalue weighted by molar-refractivity contribution is 14.0. The number of nitrogens with one attached hydrogen (secondary N) is 2. The summed E-state index contributed by atoms with van der Waals surface area (Å²) in [7, 11) is 3.50. The summed E-state index contributed by atoms with van der Waals surface area (Å²) in [6.45, 7) is 7.26. The number of carbonyl (C=O) groups excluding carboxylic acids is 1. The molecule has 0 spiro atoms. The van der Waals surface area contributed by atoms with Crippen molar-refractivity contribution in [1.82, 2.24) is 15.5 Å². The minimum absolute atomic E-state index is 0. The topological polar surface area (TPSA) is 79.1 Å². The van der Waals surface area contributed by atoms with Crippen LogP contribution in [-0.4, -0.2) is 49.6 Å². The number of ether oxygens (including phenoxy) is 1. The van der Waals surface area contributed by atoms with Gasteiger partial charge < -0.3 is 24.7 Å². The summed E-state index contributed by atoms with van der Waals surface area (Å²) < 4.78 is 10.6. The Morgan fingerprint density at radius 3 is 2.47 bits per heavy atom. The van der Waals surface area contributed by atoms with E-state index in [0.717, 1.165) is 23.5 Å². The van der Waals surface area contributed by atoms with Crippen molar-refractivity contribution >= 4 is 35.8 Å². The van der Waals surface area contributed by atoms with Crippen LogP contribution in [0.3, 0.4) is 0 Å². The Morgan fingerprint density at radius 1 is 1.20 bits per heavy atom. The van der Waals surface area contributed by atoms with Gasteiger partial charge in [0.2, 0.25) is 5.91 Å². The van der Waals surface area contributed by atoms with E-state index in [-0.39, 0.29) is 42.0 Å². The zero-order valence-electron chi connectivity index (χ0n) is 18.4. The van der Waals surface area contributed by atoms with E-state index in [1.54, 1.807) is 13.4 Å². The number of nitrogens with zero attached hydrogens (tertiary/aromatic N) is 2. The number of methoxy groups -OCH3 is 1. The van der Waals surface area contributed by atoms with E-state index in [9.17, 15) is 4.79 Å². The van der Waals surface area contributed by atoms with Gasteiger partial charge in [-0.15, -0.1) is 24.0 Å². The first-order chi connectivity index (χ1) is 13.8. The van der Waals surface area contributed by atoms with Gasteiger partial charge in [-0.1, -0.05) is 12.1 Å². The molecule has 8 heteroatoms. The number of hydrogen-bond donors (Lipinski definition) is 2. The molecule has 1 aromatic heterocycles. The Hall–Kier alpha value is -2.23. The highest BCUT2D eigenvalue weighted by atomic mass is 127. The van der Waals surface area contributed by atoms with Crippen molar-refractivity contribution in [2.45, 2.75) is 39.3 Å². The number of halogens is 1. The zero-order valence-corrected chi connectivity index (χ0v) is 20.7. The molecule has 1 aromatic carbocycles. The Morgan fingerprint density at radius 2 is 1.90 bits per heavy atom. The van der Waals surface area contributed by atoms with Crippen LogP contribution in [0.1, 0.15) is 32.1 Å². The molecule has 166 valence electrons. The summed E-state index contributed by atoms with van der Waals surface area (Å²) in [6.07, 6.45) is 2.40. The van der Waals surface area contributed by atoms with Crippen molar-refractivity contribution in [3.05, 3.63) is 54.0 Å². The second-order valence-electron chi connectivity index (χ2n) is 7.90. The minimum Gasteiger partial charge on any atom is -0.497 e. The van der Waals surface area contributed by atoms with E-state index in [1.807, 2.05) is 69.1 Å². The predicted molar refractivity (Wildman–Crippen MR) is 130 cm³/mol. The number of aliphatic imine (C=N–C) groups is 1. The second kappa shape index (κ2) is 12.5. The maximum Gasteiger partial charge on any atom is 0.240 e. The van der Waals surface area contributed by atoms with E-state index in [1.165, 1.54) is 0 Å². The number of guanidine groups is 1. The largest absolute Gasteiger partial charge is 0.497 e. The zero-order chi connectivity index (χ0) is 21.3. The predicted octanol–water partition coefficient (Wildman–Crippen LogP) is 3.44. The molecule has 0 aliphatic carbocycles. The fourth-order valence-electron chi connectivity index (χ4n) is 2.71. The Bertz CT molecular complexity index is 784. The van der Waals surface area contributed by atoms with Crippen molar-refractivity contribution in [3.63, 3.8) is 0 Å². The summed E-state index contributed by atoms with van der Waals surface area (Å²) in [6, 6.07) is 11.6. The highest BCUT2D eigenvalue weighted by Crippen LogP contribution is 2.12. The second-order valence-corrected chi connectivity index (χ2v) is 7.90. The fourth-order valence-corrected chi connectivity index (χ4v) is 2.71. The maximum absolute atomic E-state index is 12.3. The lowest BCUT2D eigenvalue weighted by Crippen LogP contribution is -2.49. The molecule has 0 aliphatic heterocycles. The van der Waals surface area contributed by atoms with E-state index >= 15 is 0 Å². The summed E-state index contributed by atoms with van der Waals surface area (Å²) in [5.74, 6) is 2.33. The molecule has 2 rings (SSSR count). The number of likely N-dealkylation sites (N-methyl/N-ethyl adjacent to an activating group) is 1. The average Bonchev–Trinajstić information content (AvgIpc) is 3.16. The molecule has 2 aromatic rings. The maximum atomic E-state index is 12.3. The molecule has 1 amide bonds. The first kappa shape index (κ1) is 25.8. The number of hydrogen-bond acceptors (Lipinski definition) is 4. The van der Waals surface area contributed by atoms with Gasteiger partial charge in [0.1, 0.15) is 11.5 Å². The third-order valence-electron chi connectivity index (χ3n) is 4.06. The molecule has 0 saturated carbocycles. The smallest absolute Gasteiger partial charge is 0.240 e. The summed E-state index contributed by atoms with van der Waals surface area (Å²) in [5, 5.41) is 6.31. The first-order valence-corrected chi connectivity index (χ1v) is 9.72. The van der Waals surface area contributed by atoms with Gasteiger partial charge in [-0.3, -0.25) is 4.79 Å². The SMILES string of the molecule is COc1ccc(CN=C(NCCc2ccco2)N(C)CC(=O)NC(C)(C)C)cc1.I. The van der Waals surface area contributed by atoms with Crippen molar-refractivity contribution < 1.29 is 13.9 Å². The van der Waals surface area contributed by atoms with Gasteiger partial charge in [0.05, 0.1) is 26.5 Å². The monoisotopic (exact) mass is 528 g/mol. The highest BCUT2D eigenvalue weighted by Gasteiger charge is 2.17. The molecule has 0 bridgehead atoms. The van der Waals surface area contributed by atoms with E-state index in [2.05, 4.69) is 10.6 Å². The first-order valence-electron chi connectivity index (χ1n) is 9.72. The van der Waals surface area contributed by atoms with E-state index in [4.69, 9.17) is 14.1 Å². The van der Waals surface area contributed by atoms with Crippen LogP contribution in [0.15, 0.2) is 52.1 Å². The molecule has 7 nitrogen and oxygen atoms in total. The van der Waals surface area contributed by atoms with Gasteiger partial charge in [0, 0.05) is 25.6 Å². The van der Waals surface area contributed by atoms with Gasteiger partial charge in [-0.25, -0.2) is 4.99 Å². The van der Waals surface area contributed by atoms with Crippen LogP contribution < -0.4 is 15.4 Å². The number of rotatable bonds is 8. The van der Waals surface area contributed by atoms with Gasteiger partial charge >= 0.3 is 0 Å². The molecule has 1 heterocycles. The summed E-state index contributed by atoms with van der Waals surface area (Å²) in [5.41, 5.74) is 0.786. The van der Waals surface area contributed by atoms with Crippen molar-refractivity contribution in [1.29, 1.82) is 0 Å². The Labute approximate surface area is 196 Å². The Balaban J connectivity index is 0.00000450. The van der Waals surface area contributed by atoms with Crippen LogP contribution in [0.25, 0.3) is 0 Å². The van der Waals surface area contributed by atoms with Crippen LogP contribution in [0.5, 0.6) is 5.75 Å². The normalized spacial score (nSPS) is 11.4. The molecular formula is C22H33IN4O3. The van der Waals surface area contributed by atoms with Crippen LogP contribution >= 0.6 is 24.0 Å². The minimum atomic E-state index is -0.273. The van der Waals surface area contributed by atoms with Crippen LogP contribution in [0.4, 0.5) is 0 Å². The summed E-state index contributed by atoms with van der Waals surface area (Å²) >= 11 is 0. The fraction of sp³-hybridized carbons (Fsp3) is 0.455. The molecule has 0 aliphatic rings. The van der Waals surface area contributed by atoms with Crippen LogP contribution in [0, 0.1) is 0 Å². The van der Waals surface area contributed by atoms with E-state index in [0.29, 0.717) is 19.0 Å². The van der Waals surface area contributed by atoms with Gasteiger partial charge in [-0.2, -0.15) is 0 Å². The molecular weight excluding hydrogens is 495 g/mol. The lowest BCUT2D eigenvalue weighted by molar-refractivity contribution is -0.122. The number of amides is 1. The molecule has 2 N–H and O–H groups in total.